The molecular weight excluding hydrogens is 314 g/mol. The second-order valence-corrected chi connectivity index (χ2v) is 7.23. The van der Waals surface area contributed by atoms with Crippen LogP contribution in [0.4, 0.5) is 5.69 Å². The Labute approximate surface area is 131 Å². The third-order valence-electron chi connectivity index (χ3n) is 4.49. The first-order valence-corrected chi connectivity index (χ1v) is 8.41. The summed E-state index contributed by atoms with van der Waals surface area (Å²) in [7, 11) is 1.74. The van der Waals surface area contributed by atoms with Crippen molar-refractivity contribution in [3.8, 4) is 5.75 Å². The Hall–Kier alpha value is -0.700. The maximum absolute atomic E-state index is 5.53. The summed E-state index contributed by atoms with van der Waals surface area (Å²) in [6.45, 7) is 6.83. The molecule has 0 spiro atoms. The first-order chi connectivity index (χ1) is 9.51. The molecule has 1 aromatic rings. The molecule has 0 aromatic heterocycles. The zero-order valence-corrected chi connectivity index (χ0v) is 14.6. The van der Waals surface area contributed by atoms with E-state index in [0.29, 0.717) is 6.04 Å². The van der Waals surface area contributed by atoms with Crippen LogP contribution >= 0.6 is 15.9 Å². The van der Waals surface area contributed by atoms with E-state index in [0.717, 1.165) is 27.7 Å². The van der Waals surface area contributed by atoms with E-state index in [2.05, 4.69) is 48.1 Å². The molecule has 1 saturated carbocycles. The number of hydrogen-bond donors (Lipinski definition) is 1. The van der Waals surface area contributed by atoms with Crippen LogP contribution in [0.5, 0.6) is 5.75 Å². The van der Waals surface area contributed by atoms with Gasteiger partial charge in [0.05, 0.1) is 12.8 Å². The fraction of sp³-hybridized carbons (Fsp3) is 0.647. The van der Waals surface area contributed by atoms with Gasteiger partial charge in [-0.1, -0.05) is 42.6 Å². The summed E-state index contributed by atoms with van der Waals surface area (Å²) < 4.78 is 6.60. The van der Waals surface area contributed by atoms with Crippen LogP contribution in [0.15, 0.2) is 16.6 Å². The van der Waals surface area contributed by atoms with Crippen molar-refractivity contribution in [2.75, 3.05) is 12.4 Å². The van der Waals surface area contributed by atoms with Gasteiger partial charge in [0.2, 0.25) is 0 Å². The van der Waals surface area contributed by atoms with Crippen LogP contribution in [0.2, 0.25) is 0 Å². The Morgan fingerprint density at radius 3 is 2.70 bits per heavy atom. The van der Waals surface area contributed by atoms with Gasteiger partial charge in [0.1, 0.15) is 5.75 Å². The van der Waals surface area contributed by atoms with Gasteiger partial charge < -0.3 is 10.1 Å². The molecule has 0 heterocycles. The average Bonchev–Trinajstić information content (AvgIpc) is 2.41. The number of anilines is 1. The third kappa shape index (κ3) is 3.69. The monoisotopic (exact) mass is 339 g/mol. The molecule has 0 saturated heterocycles. The van der Waals surface area contributed by atoms with Gasteiger partial charge in [0.15, 0.2) is 0 Å². The molecule has 1 aliphatic carbocycles. The number of methoxy groups -OCH3 is 1. The molecule has 0 amide bonds. The van der Waals surface area contributed by atoms with Crippen molar-refractivity contribution in [3.63, 3.8) is 0 Å². The molecular formula is C17H26BrNO. The molecule has 112 valence electrons. The van der Waals surface area contributed by atoms with Crippen LogP contribution in [0.25, 0.3) is 0 Å². The molecule has 0 bridgehead atoms. The number of halogens is 1. The van der Waals surface area contributed by atoms with Crippen molar-refractivity contribution in [1.82, 2.24) is 0 Å². The summed E-state index contributed by atoms with van der Waals surface area (Å²) in [5.74, 6) is 2.57. The minimum atomic E-state index is 0.574. The van der Waals surface area contributed by atoms with Gasteiger partial charge in [-0.25, -0.2) is 0 Å². The highest BCUT2D eigenvalue weighted by Crippen LogP contribution is 2.36. The molecule has 1 N–H and O–H groups in total. The highest BCUT2D eigenvalue weighted by atomic mass is 79.9. The smallest absolute Gasteiger partial charge is 0.143 e. The van der Waals surface area contributed by atoms with Crippen molar-refractivity contribution < 1.29 is 4.74 Å². The lowest BCUT2D eigenvalue weighted by molar-refractivity contribution is 0.264. The highest BCUT2D eigenvalue weighted by Gasteiger charge is 2.25. The Bertz CT molecular complexity index is 459. The van der Waals surface area contributed by atoms with Crippen LogP contribution in [0.3, 0.4) is 0 Å². The lowest BCUT2D eigenvalue weighted by Gasteiger charge is -2.33. The Morgan fingerprint density at radius 2 is 2.05 bits per heavy atom. The van der Waals surface area contributed by atoms with Crippen LogP contribution in [0.1, 0.15) is 45.1 Å². The lowest BCUT2D eigenvalue weighted by atomic mass is 9.79. The van der Waals surface area contributed by atoms with E-state index in [1.165, 1.54) is 31.2 Å². The Morgan fingerprint density at radius 1 is 1.30 bits per heavy atom. The number of hydrogen-bond acceptors (Lipinski definition) is 2. The number of aryl methyl sites for hydroxylation is 1. The normalized spacial score (nSPS) is 22.9. The molecule has 2 rings (SSSR count). The predicted molar refractivity (Wildman–Crippen MR) is 89.6 cm³/mol. The topological polar surface area (TPSA) is 21.3 Å². The van der Waals surface area contributed by atoms with E-state index >= 15 is 0 Å². The van der Waals surface area contributed by atoms with Crippen LogP contribution in [-0.4, -0.2) is 13.2 Å². The quantitative estimate of drug-likeness (QED) is 0.793. The van der Waals surface area contributed by atoms with Gasteiger partial charge >= 0.3 is 0 Å². The first-order valence-electron chi connectivity index (χ1n) is 7.62. The summed E-state index contributed by atoms with van der Waals surface area (Å²) in [5, 5.41) is 3.73. The van der Waals surface area contributed by atoms with Gasteiger partial charge in [0, 0.05) is 10.5 Å². The van der Waals surface area contributed by atoms with Gasteiger partial charge in [0.25, 0.3) is 0 Å². The molecule has 1 aromatic carbocycles. The molecule has 2 unspecified atom stereocenters. The maximum Gasteiger partial charge on any atom is 0.143 e. The molecule has 1 fully saturated rings. The summed E-state index contributed by atoms with van der Waals surface area (Å²) in [4.78, 5) is 0. The number of benzene rings is 1. The van der Waals surface area contributed by atoms with Gasteiger partial charge in [-0.2, -0.15) is 0 Å². The van der Waals surface area contributed by atoms with Crippen molar-refractivity contribution >= 4 is 21.6 Å². The summed E-state index contributed by atoms with van der Waals surface area (Å²) in [5.41, 5.74) is 2.40. The van der Waals surface area contributed by atoms with Crippen molar-refractivity contribution in [2.24, 2.45) is 11.8 Å². The second kappa shape index (κ2) is 6.84. The molecule has 2 atom stereocenters. The molecule has 2 nitrogen and oxygen atoms in total. The van der Waals surface area contributed by atoms with Crippen LogP contribution < -0.4 is 10.1 Å². The van der Waals surface area contributed by atoms with E-state index in [1.54, 1.807) is 7.11 Å². The van der Waals surface area contributed by atoms with E-state index in [-0.39, 0.29) is 0 Å². The standard InChI is InChI=1S/C17H26BrNO/c1-11(2)13-6-5-7-15(9-13)19-17-12(3)8-14(18)10-16(17)20-4/h8,10-11,13,15,19H,5-7,9H2,1-4H3. The van der Waals surface area contributed by atoms with Gasteiger partial charge in [-0.05, 0) is 49.3 Å². The minimum absolute atomic E-state index is 0.574. The summed E-state index contributed by atoms with van der Waals surface area (Å²) in [6.07, 6.45) is 5.25. The largest absolute Gasteiger partial charge is 0.495 e. The van der Waals surface area contributed by atoms with Crippen LogP contribution in [-0.2, 0) is 0 Å². The number of ether oxygens (including phenoxy) is 1. The summed E-state index contributed by atoms with van der Waals surface area (Å²) >= 11 is 3.53. The van der Waals surface area contributed by atoms with Gasteiger partial charge in [-0.3, -0.25) is 0 Å². The van der Waals surface area contributed by atoms with E-state index in [4.69, 9.17) is 4.74 Å². The van der Waals surface area contributed by atoms with Crippen LogP contribution in [0, 0.1) is 18.8 Å². The van der Waals surface area contributed by atoms with E-state index in [9.17, 15) is 0 Å². The fourth-order valence-electron chi connectivity index (χ4n) is 3.23. The number of nitrogens with one attached hydrogen (secondary N) is 1. The SMILES string of the molecule is COc1cc(Br)cc(C)c1NC1CCCC(C(C)C)C1. The molecule has 0 aliphatic heterocycles. The van der Waals surface area contributed by atoms with Crippen molar-refractivity contribution in [3.05, 3.63) is 22.2 Å². The summed E-state index contributed by atoms with van der Waals surface area (Å²) in [6, 6.07) is 4.76. The lowest BCUT2D eigenvalue weighted by Crippen LogP contribution is -2.29. The fourth-order valence-corrected chi connectivity index (χ4v) is 3.78. The zero-order chi connectivity index (χ0) is 14.7. The minimum Gasteiger partial charge on any atom is -0.495 e. The molecule has 1 aliphatic rings. The predicted octanol–water partition coefficient (Wildman–Crippen LogP) is 5.39. The first kappa shape index (κ1) is 15.7. The van der Waals surface area contributed by atoms with E-state index < -0.39 is 0 Å². The number of rotatable bonds is 4. The van der Waals surface area contributed by atoms with Crippen molar-refractivity contribution in [1.29, 1.82) is 0 Å². The zero-order valence-electron chi connectivity index (χ0n) is 13.0. The molecule has 3 heteroatoms. The van der Waals surface area contributed by atoms with Gasteiger partial charge in [-0.15, -0.1) is 0 Å². The van der Waals surface area contributed by atoms with E-state index in [1.807, 2.05) is 6.07 Å². The molecule has 20 heavy (non-hydrogen) atoms. The average molecular weight is 340 g/mol. The Balaban J connectivity index is 2.13. The molecule has 0 radical (unpaired) electrons. The maximum atomic E-state index is 5.53. The Kier molecular flexibility index (Phi) is 5.36. The van der Waals surface area contributed by atoms with Crippen molar-refractivity contribution in [2.45, 2.75) is 52.5 Å². The second-order valence-electron chi connectivity index (χ2n) is 6.31. The third-order valence-corrected chi connectivity index (χ3v) is 4.95. The highest BCUT2D eigenvalue weighted by molar-refractivity contribution is 9.10.